The molecule has 1 atom stereocenters. The summed E-state index contributed by atoms with van der Waals surface area (Å²) in [6, 6.07) is 5.68. The van der Waals surface area contributed by atoms with Crippen molar-refractivity contribution in [2.24, 2.45) is 0 Å². The molecule has 0 spiro atoms. The second-order valence-corrected chi connectivity index (χ2v) is 9.33. The van der Waals surface area contributed by atoms with Gasteiger partial charge in [0.2, 0.25) is 3.79 Å². The van der Waals surface area contributed by atoms with Gasteiger partial charge in [0.15, 0.2) is 5.78 Å². The number of ketones is 1. The van der Waals surface area contributed by atoms with Crippen molar-refractivity contribution < 1.29 is 28.7 Å². The molecule has 0 fully saturated rings. The predicted molar refractivity (Wildman–Crippen MR) is 91.0 cm³/mol. The topological polar surface area (TPSA) is 113 Å². The maximum Gasteiger partial charge on any atom is 0.408 e. The summed E-state index contributed by atoms with van der Waals surface area (Å²) in [6.07, 6.45) is -1.90. The number of halogens is 4. The van der Waals surface area contributed by atoms with Crippen molar-refractivity contribution in [2.75, 3.05) is 6.61 Å². The predicted octanol–water partition coefficient (Wildman–Crippen LogP) is 3.51. The van der Waals surface area contributed by atoms with Crippen LogP contribution in [0.2, 0.25) is 5.02 Å². The maximum absolute atomic E-state index is 12.1. The molecule has 0 bridgehead atoms. The van der Waals surface area contributed by atoms with Gasteiger partial charge in [0.05, 0.1) is 0 Å². The SMILES string of the molecule is O=C(NC(CC(=O)c1ccc(Cl)cc1)P(=O)(O)O)OCC(Cl)(Cl)Cl. The molecule has 7 nitrogen and oxygen atoms in total. The van der Waals surface area contributed by atoms with Gasteiger partial charge in [0.25, 0.3) is 0 Å². The van der Waals surface area contributed by atoms with E-state index in [1.165, 1.54) is 24.3 Å². The monoisotopic (exact) mass is 437 g/mol. The highest BCUT2D eigenvalue weighted by Crippen LogP contribution is 2.42. The molecule has 0 saturated heterocycles. The normalized spacial score (nSPS) is 13.2. The van der Waals surface area contributed by atoms with Gasteiger partial charge in [-0.05, 0) is 24.3 Å². The average molecular weight is 439 g/mol. The van der Waals surface area contributed by atoms with Crippen LogP contribution in [0.3, 0.4) is 0 Å². The first-order valence-corrected chi connectivity index (χ1v) is 9.42. The number of carbonyl (C=O) groups excluding carboxylic acids is 2. The number of nitrogens with one attached hydrogen (secondary N) is 1. The van der Waals surface area contributed by atoms with E-state index in [0.29, 0.717) is 5.02 Å². The lowest BCUT2D eigenvalue weighted by atomic mass is 10.1. The van der Waals surface area contributed by atoms with E-state index in [1.807, 2.05) is 5.32 Å². The van der Waals surface area contributed by atoms with Crippen LogP contribution < -0.4 is 5.32 Å². The summed E-state index contributed by atoms with van der Waals surface area (Å²) in [4.78, 5) is 42.2. The van der Waals surface area contributed by atoms with Gasteiger partial charge in [-0.1, -0.05) is 46.4 Å². The Balaban J connectivity index is 2.76. The summed E-state index contributed by atoms with van der Waals surface area (Å²) >= 11 is 21.9. The molecule has 1 rings (SSSR count). The molecule has 1 aromatic rings. The van der Waals surface area contributed by atoms with Gasteiger partial charge in [-0.15, -0.1) is 0 Å². The van der Waals surface area contributed by atoms with Crippen LogP contribution in [0, 0.1) is 0 Å². The van der Waals surface area contributed by atoms with E-state index in [4.69, 9.17) is 46.4 Å². The van der Waals surface area contributed by atoms with Crippen LogP contribution in [0.25, 0.3) is 0 Å². The molecule has 3 N–H and O–H groups in total. The molecule has 1 aromatic carbocycles. The molecular formula is C12H12Cl4NO6P. The van der Waals surface area contributed by atoms with E-state index < -0.39 is 42.1 Å². The molecular weight excluding hydrogens is 427 g/mol. The zero-order chi connectivity index (χ0) is 18.5. The lowest BCUT2D eigenvalue weighted by Crippen LogP contribution is -2.38. The Labute approximate surface area is 157 Å². The Bertz CT molecular complexity index is 642. The number of ether oxygens (including phenoxy) is 1. The minimum atomic E-state index is -4.84. The van der Waals surface area contributed by atoms with E-state index in [9.17, 15) is 23.9 Å². The van der Waals surface area contributed by atoms with Crippen molar-refractivity contribution in [1.82, 2.24) is 5.32 Å². The number of alkyl carbamates (subject to hydrolysis) is 1. The fourth-order valence-electron chi connectivity index (χ4n) is 1.51. The van der Waals surface area contributed by atoms with E-state index in [1.54, 1.807) is 0 Å². The van der Waals surface area contributed by atoms with E-state index >= 15 is 0 Å². The third-order valence-electron chi connectivity index (χ3n) is 2.60. The fraction of sp³-hybridized carbons (Fsp3) is 0.333. The second kappa shape index (κ2) is 8.72. The van der Waals surface area contributed by atoms with Gasteiger partial charge in [0.1, 0.15) is 12.4 Å². The first-order chi connectivity index (χ1) is 10.9. The summed E-state index contributed by atoms with van der Waals surface area (Å²) in [7, 11) is -4.84. The highest BCUT2D eigenvalue weighted by molar-refractivity contribution is 7.52. The van der Waals surface area contributed by atoms with Gasteiger partial charge >= 0.3 is 13.7 Å². The van der Waals surface area contributed by atoms with Crippen molar-refractivity contribution in [3.63, 3.8) is 0 Å². The van der Waals surface area contributed by atoms with Crippen molar-refractivity contribution in [2.45, 2.75) is 16.0 Å². The van der Waals surface area contributed by atoms with E-state index in [-0.39, 0.29) is 5.56 Å². The molecule has 12 heteroatoms. The number of rotatable bonds is 6. The van der Waals surface area contributed by atoms with Crippen molar-refractivity contribution in [3.8, 4) is 0 Å². The molecule has 0 radical (unpaired) electrons. The number of alkyl halides is 3. The van der Waals surface area contributed by atoms with E-state index in [0.717, 1.165) is 0 Å². The summed E-state index contributed by atoms with van der Waals surface area (Å²) in [5, 5.41) is 2.29. The van der Waals surface area contributed by atoms with Crippen LogP contribution in [0.15, 0.2) is 24.3 Å². The van der Waals surface area contributed by atoms with Crippen LogP contribution >= 0.6 is 54.0 Å². The molecule has 24 heavy (non-hydrogen) atoms. The number of hydrogen-bond donors (Lipinski definition) is 3. The van der Waals surface area contributed by atoms with Crippen LogP contribution in [0.5, 0.6) is 0 Å². The quantitative estimate of drug-likeness (QED) is 0.356. The van der Waals surface area contributed by atoms with Crippen LogP contribution in [-0.4, -0.2) is 37.8 Å². The Kier molecular flexibility index (Phi) is 7.81. The standard InChI is InChI=1S/C12H12Cl4NO6P/c13-8-3-1-7(2-4-8)9(18)5-10(24(20,21)22)17-11(19)23-6-12(14,15)16/h1-4,10H,5-6H2,(H,17,19)(H2,20,21,22). The number of hydrogen-bond acceptors (Lipinski definition) is 4. The van der Waals surface area contributed by atoms with Gasteiger partial charge in [-0.2, -0.15) is 0 Å². The Morgan fingerprint density at radius 3 is 2.21 bits per heavy atom. The largest absolute Gasteiger partial charge is 0.445 e. The summed E-state index contributed by atoms with van der Waals surface area (Å²) in [6.45, 7) is -0.636. The third kappa shape index (κ3) is 8.03. The minimum absolute atomic E-state index is 0.175. The summed E-state index contributed by atoms with van der Waals surface area (Å²) in [5.41, 5.74) is 0.175. The van der Waals surface area contributed by atoms with E-state index in [2.05, 4.69) is 4.74 Å². The highest BCUT2D eigenvalue weighted by atomic mass is 35.6. The van der Waals surface area contributed by atoms with Gasteiger partial charge < -0.3 is 19.8 Å². The van der Waals surface area contributed by atoms with Crippen LogP contribution in [-0.2, 0) is 9.30 Å². The molecule has 0 aromatic heterocycles. The van der Waals surface area contributed by atoms with Gasteiger partial charge in [-0.3, -0.25) is 9.36 Å². The molecule has 0 aliphatic rings. The number of amides is 1. The smallest absolute Gasteiger partial charge is 0.408 e. The van der Waals surface area contributed by atoms with Gasteiger partial charge in [0, 0.05) is 17.0 Å². The van der Waals surface area contributed by atoms with Gasteiger partial charge in [-0.25, -0.2) is 4.79 Å². The molecule has 0 saturated carbocycles. The Morgan fingerprint density at radius 1 is 1.21 bits per heavy atom. The molecule has 0 heterocycles. The first kappa shape index (κ1) is 21.5. The maximum atomic E-state index is 12.1. The van der Waals surface area contributed by atoms with Crippen LogP contribution in [0.1, 0.15) is 16.8 Å². The molecule has 0 aliphatic carbocycles. The van der Waals surface area contributed by atoms with Crippen LogP contribution in [0.4, 0.5) is 4.79 Å². The highest BCUT2D eigenvalue weighted by Gasteiger charge is 2.34. The lowest BCUT2D eigenvalue weighted by Gasteiger charge is -2.20. The molecule has 1 unspecified atom stereocenters. The van der Waals surface area contributed by atoms with Crippen molar-refractivity contribution in [1.29, 1.82) is 0 Å². The first-order valence-electron chi connectivity index (χ1n) is 6.22. The lowest BCUT2D eigenvalue weighted by molar-refractivity contribution is 0.0970. The fourth-order valence-corrected chi connectivity index (χ4v) is 2.48. The number of carbonyl (C=O) groups is 2. The zero-order valence-corrected chi connectivity index (χ0v) is 15.7. The van der Waals surface area contributed by atoms with Crippen molar-refractivity contribution in [3.05, 3.63) is 34.9 Å². The second-order valence-electron chi connectivity index (χ2n) is 4.57. The van der Waals surface area contributed by atoms with Crippen molar-refractivity contribution >= 4 is 65.9 Å². The third-order valence-corrected chi connectivity index (χ3v) is 4.31. The summed E-state index contributed by atoms with van der Waals surface area (Å²) in [5.74, 6) is -2.40. The molecule has 1 amide bonds. The Hall–Kier alpha value is -0.530. The molecule has 134 valence electrons. The zero-order valence-electron chi connectivity index (χ0n) is 11.8. The summed E-state index contributed by atoms with van der Waals surface area (Å²) < 4.78 is 14.1. The average Bonchev–Trinajstić information content (AvgIpc) is 2.43. The minimum Gasteiger partial charge on any atom is -0.445 e. The Morgan fingerprint density at radius 2 is 1.75 bits per heavy atom. The molecule has 0 aliphatic heterocycles. The number of Topliss-reactive ketones (excluding diaryl/α,β-unsaturated/α-hetero) is 1. The number of benzene rings is 1.